The molecular formula is C20H35IN4O. The van der Waals surface area contributed by atoms with Crippen LogP contribution in [0.15, 0.2) is 29.3 Å². The Balaban J connectivity index is 0.00000338. The molecule has 1 heterocycles. The standard InChI is InChI=1S/C20H34N4O.HI/c1-21-20(22-12-7-15-25-2)23-16-18-8-10-19(11-9-18)17-24-13-5-3-4-6-14-24;/h8-11H,3-7,12-17H2,1-2H3,(H2,21,22,23);1H. The molecule has 0 aliphatic carbocycles. The molecule has 0 unspecified atom stereocenters. The van der Waals surface area contributed by atoms with Gasteiger partial charge in [-0.1, -0.05) is 37.1 Å². The van der Waals surface area contributed by atoms with Gasteiger partial charge in [-0.05, 0) is 43.5 Å². The van der Waals surface area contributed by atoms with Gasteiger partial charge in [0.2, 0.25) is 0 Å². The molecule has 0 bridgehead atoms. The van der Waals surface area contributed by atoms with Crippen LogP contribution in [0.25, 0.3) is 0 Å². The van der Waals surface area contributed by atoms with Gasteiger partial charge in [-0.15, -0.1) is 24.0 Å². The van der Waals surface area contributed by atoms with Gasteiger partial charge in [0.15, 0.2) is 5.96 Å². The summed E-state index contributed by atoms with van der Waals surface area (Å²) in [5.74, 6) is 0.838. The maximum Gasteiger partial charge on any atom is 0.191 e. The van der Waals surface area contributed by atoms with Crippen LogP contribution < -0.4 is 10.6 Å². The van der Waals surface area contributed by atoms with E-state index in [4.69, 9.17) is 4.74 Å². The van der Waals surface area contributed by atoms with Gasteiger partial charge < -0.3 is 15.4 Å². The van der Waals surface area contributed by atoms with E-state index >= 15 is 0 Å². The Hall–Kier alpha value is -0.860. The number of ether oxygens (including phenoxy) is 1. The maximum atomic E-state index is 5.06. The number of hydrogen-bond acceptors (Lipinski definition) is 3. The molecule has 2 N–H and O–H groups in total. The number of nitrogens with one attached hydrogen (secondary N) is 2. The molecule has 0 spiro atoms. The summed E-state index contributed by atoms with van der Waals surface area (Å²) < 4.78 is 5.06. The van der Waals surface area contributed by atoms with Crippen molar-refractivity contribution in [2.24, 2.45) is 4.99 Å². The molecule has 2 rings (SSSR count). The van der Waals surface area contributed by atoms with Crippen molar-refractivity contribution in [2.75, 3.05) is 40.4 Å². The largest absolute Gasteiger partial charge is 0.385 e. The molecule has 6 heteroatoms. The molecule has 0 atom stereocenters. The smallest absolute Gasteiger partial charge is 0.191 e. The van der Waals surface area contributed by atoms with Crippen LogP contribution >= 0.6 is 24.0 Å². The molecule has 1 aromatic carbocycles. The number of benzene rings is 1. The number of nitrogens with zero attached hydrogens (tertiary/aromatic N) is 2. The van der Waals surface area contributed by atoms with Crippen LogP contribution in [0.3, 0.4) is 0 Å². The maximum absolute atomic E-state index is 5.06. The van der Waals surface area contributed by atoms with E-state index < -0.39 is 0 Å². The van der Waals surface area contributed by atoms with Crippen molar-refractivity contribution >= 4 is 29.9 Å². The summed E-state index contributed by atoms with van der Waals surface area (Å²) in [7, 11) is 3.53. The normalized spacial score (nSPS) is 15.8. The molecule has 0 amide bonds. The average molecular weight is 474 g/mol. The Morgan fingerprint density at radius 2 is 1.69 bits per heavy atom. The van der Waals surface area contributed by atoms with Crippen molar-refractivity contribution in [3.63, 3.8) is 0 Å². The monoisotopic (exact) mass is 474 g/mol. The number of likely N-dealkylation sites (tertiary alicyclic amines) is 1. The lowest BCUT2D eigenvalue weighted by Gasteiger charge is -2.20. The fourth-order valence-corrected chi connectivity index (χ4v) is 3.14. The zero-order chi connectivity index (χ0) is 17.7. The highest BCUT2D eigenvalue weighted by molar-refractivity contribution is 14.0. The highest BCUT2D eigenvalue weighted by Gasteiger charge is 2.09. The molecule has 0 aromatic heterocycles. The van der Waals surface area contributed by atoms with Gasteiger partial charge >= 0.3 is 0 Å². The van der Waals surface area contributed by atoms with E-state index in [-0.39, 0.29) is 24.0 Å². The Morgan fingerprint density at radius 3 is 2.31 bits per heavy atom. The summed E-state index contributed by atoms with van der Waals surface area (Å²) in [4.78, 5) is 6.84. The van der Waals surface area contributed by atoms with Crippen molar-refractivity contribution in [1.82, 2.24) is 15.5 Å². The van der Waals surface area contributed by atoms with Crippen molar-refractivity contribution in [1.29, 1.82) is 0 Å². The molecule has 148 valence electrons. The number of aliphatic imine (C=N–C) groups is 1. The van der Waals surface area contributed by atoms with E-state index in [9.17, 15) is 0 Å². The summed E-state index contributed by atoms with van der Waals surface area (Å²) >= 11 is 0. The zero-order valence-electron chi connectivity index (χ0n) is 16.3. The Bertz CT molecular complexity index is 499. The van der Waals surface area contributed by atoms with Crippen LogP contribution in [0.2, 0.25) is 0 Å². The second kappa shape index (κ2) is 14.2. The van der Waals surface area contributed by atoms with E-state index in [0.717, 1.165) is 38.6 Å². The third kappa shape index (κ3) is 9.19. The van der Waals surface area contributed by atoms with E-state index in [0.29, 0.717) is 0 Å². The van der Waals surface area contributed by atoms with Gasteiger partial charge in [0.25, 0.3) is 0 Å². The van der Waals surface area contributed by atoms with E-state index in [2.05, 4.69) is 44.8 Å². The number of hydrogen-bond donors (Lipinski definition) is 2. The molecule has 1 aliphatic heterocycles. The zero-order valence-corrected chi connectivity index (χ0v) is 18.6. The minimum absolute atomic E-state index is 0. The third-order valence-electron chi connectivity index (χ3n) is 4.63. The topological polar surface area (TPSA) is 48.9 Å². The van der Waals surface area contributed by atoms with Crippen molar-refractivity contribution in [3.05, 3.63) is 35.4 Å². The third-order valence-corrected chi connectivity index (χ3v) is 4.63. The van der Waals surface area contributed by atoms with Crippen LogP contribution in [0, 0.1) is 0 Å². The second-order valence-electron chi connectivity index (χ2n) is 6.71. The van der Waals surface area contributed by atoms with Gasteiger partial charge in [-0.3, -0.25) is 9.89 Å². The molecular weight excluding hydrogens is 439 g/mol. The van der Waals surface area contributed by atoms with Gasteiger partial charge in [0.1, 0.15) is 0 Å². The minimum atomic E-state index is 0. The Morgan fingerprint density at radius 1 is 1.04 bits per heavy atom. The first-order chi connectivity index (χ1) is 12.3. The fourth-order valence-electron chi connectivity index (χ4n) is 3.14. The van der Waals surface area contributed by atoms with Crippen molar-refractivity contribution < 1.29 is 4.74 Å². The summed E-state index contributed by atoms with van der Waals surface area (Å²) in [5, 5.41) is 6.66. The molecule has 0 saturated carbocycles. The SMILES string of the molecule is CN=C(NCCCOC)NCc1ccc(CN2CCCCCC2)cc1.I. The summed E-state index contributed by atoms with van der Waals surface area (Å²) in [6, 6.07) is 8.96. The summed E-state index contributed by atoms with van der Waals surface area (Å²) in [6.07, 6.45) is 6.45. The highest BCUT2D eigenvalue weighted by atomic mass is 127. The molecule has 1 saturated heterocycles. The summed E-state index contributed by atoms with van der Waals surface area (Å²) in [5.41, 5.74) is 2.69. The molecule has 5 nitrogen and oxygen atoms in total. The van der Waals surface area contributed by atoms with Gasteiger partial charge in [0, 0.05) is 40.4 Å². The van der Waals surface area contributed by atoms with Crippen molar-refractivity contribution in [2.45, 2.75) is 45.2 Å². The van der Waals surface area contributed by atoms with Crippen LogP contribution in [0.1, 0.15) is 43.2 Å². The van der Waals surface area contributed by atoms with E-state index in [1.165, 1.54) is 49.9 Å². The second-order valence-corrected chi connectivity index (χ2v) is 6.71. The lowest BCUT2D eigenvalue weighted by atomic mass is 10.1. The first kappa shape index (κ1) is 23.2. The van der Waals surface area contributed by atoms with E-state index in [1.807, 2.05) is 0 Å². The Kier molecular flexibility index (Phi) is 12.7. The van der Waals surface area contributed by atoms with E-state index in [1.54, 1.807) is 14.2 Å². The highest BCUT2D eigenvalue weighted by Crippen LogP contribution is 2.13. The van der Waals surface area contributed by atoms with Crippen LogP contribution in [-0.4, -0.2) is 51.3 Å². The molecule has 26 heavy (non-hydrogen) atoms. The van der Waals surface area contributed by atoms with Crippen LogP contribution in [0.5, 0.6) is 0 Å². The number of methoxy groups -OCH3 is 1. The fraction of sp³-hybridized carbons (Fsp3) is 0.650. The molecule has 1 aliphatic rings. The predicted octanol–water partition coefficient (Wildman–Crippen LogP) is 3.38. The number of rotatable bonds is 8. The predicted molar refractivity (Wildman–Crippen MR) is 120 cm³/mol. The van der Waals surface area contributed by atoms with Crippen molar-refractivity contribution in [3.8, 4) is 0 Å². The lowest BCUT2D eigenvalue weighted by Crippen LogP contribution is -2.37. The first-order valence-electron chi connectivity index (χ1n) is 9.55. The average Bonchev–Trinajstić information content (AvgIpc) is 2.91. The number of guanidine groups is 1. The molecule has 1 aromatic rings. The lowest BCUT2D eigenvalue weighted by molar-refractivity contribution is 0.195. The number of halogens is 1. The van der Waals surface area contributed by atoms with Gasteiger partial charge in [0.05, 0.1) is 0 Å². The quantitative estimate of drug-likeness (QED) is 0.263. The molecule has 1 fully saturated rings. The summed E-state index contributed by atoms with van der Waals surface area (Å²) in [6.45, 7) is 5.98. The van der Waals surface area contributed by atoms with Gasteiger partial charge in [-0.25, -0.2) is 0 Å². The minimum Gasteiger partial charge on any atom is -0.385 e. The Labute approximate surface area is 176 Å². The molecule has 0 radical (unpaired) electrons. The first-order valence-corrected chi connectivity index (χ1v) is 9.55. The van der Waals surface area contributed by atoms with Crippen LogP contribution in [0.4, 0.5) is 0 Å². The van der Waals surface area contributed by atoms with Gasteiger partial charge in [-0.2, -0.15) is 0 Å². The van der Waals surface area contributed by atoms with Crippen LogP contribution in [-0.2, 0) is 17.8 Å².